The van der Waals surface area contributed by atoms with Gasteiger partial charge in [0.05, 0.1) is 17.5 Å². The fraction of sp³-hybridized carbons (Fsp3) is 0.259. The molecular formula is C27H28N2O3. The molecule has 0 unspecified atom stereocenters. The second-order valence-corrected chi connectivity index (χ2v) is 7.77. The molecule has 2 aromatic rings. The lowest BCUT2D eigenvalue weighted by molar-refractivity contribution is 0.0527. The molecule has 2 aromatic carbocycles. The van der Waals surface area contributed by atoms with Gasteiger partial charge in [0.25, 0.3) is 0 Å². The fourth-order valence-corrected chi connectivity index (χ4v) is 4.18. The van der Waals surface area contributed by atoms with Crippen LogP contribution in [0.5, 0.6) is 0 Å². The van der Waals surface area contributed by atoms with E-state index in [0.29, 0.717) is 18.7 Å². The summed E-state index contributed by atoms with van der Waals surface area (Å²) in [6, 6.07) is 15.8. The first-order chi connectivity index (χ1) is 15.5. The van der Waals surface area contributed by atoms with Crippen LogP contribution in [0.4, 0.5) is 5.69 Å². The van der Waals surface area contributed by atoms with Crippen molar-refractivity contribution in [3.05, 3.63) is 70.6 Å². The minimum atomic E-state index is -0.330. The molecule has 164 valence electrons. The number of nitrogens with one attached hydrogen (secondary N) is 1. The van der Waals surface area contributed by atoms with Gasteiger partial charge in [-0.25, -0.2) is 4.79 Å². The van der Waals surface area contributed by atoms with Gasteiger partial charge >= 0.3 is 5.97 Å². The SMILES string of the molecule is CC/N=c1\cc2oc3cc(NC)c(C)cc3c(-c3ccccc3C(=O)OCC)c-2cc1C. The average Bonchev–Trinajstić information content (AvgIpc) is 2.78. The monoisotopic (exact) mass is 428 g/mol. The third-order valence-electron chi connectivity index (χ3n) is 5.67. The first-order valence-corrected chi connectivity index (χ1v) is 10.9. The normalized spacial score (nSPS) is 11.8. The van der Waals surface area contributed by atoms with Crippen LogP contribution in [0, 0.1) is 13.8 Å². The first kappa shape index (κ1) is 21.6. The molecule has 0 radical (unpaired) electrons. The molecule has 0 amide bonds. The van der Waals surface area contributed by atoms with Crippen LogP contribution in [0.3, 0.4) is 0 Å². The quantitative estimate of drug-likeness (QED) is 0.315. The molecule has 1 N–H and O–H groups in total. The van der Waals surface area contributed by atoms with Gasteiger partial charge in [-0.05, 0) is 62.6 Å². The fourth-order valence-electron chi connectivity index (χ4n) is 4.18. The molecule has 0 saturated heterocycles. The molecule has 0 bridgehead atoms. The van der Waals surface area contributed by atoms with Gasteiger partial charge in [-0.2, -0.15) is 0 Å². The molecule has 2 aliphatic rings. The van der Waals surface area contributed by atoms with Crippen LogP contribution in [0.25, 0.3) is 33.4 Å². The summed E-state index contributed by atoms with van der Waals surface area (Å²) in [7, 11) is 1.90. The average molecular weight is 429 g/mol. The number of carbonyl (C=O) groups excluding carboxylic acids is 1. The number of nitrogens with zero attached hydrogens (tertiary/aromatic N) is 1. The lowest BCUT2D eigenvalue weighted by Gasteiger charge is -2.19. The molecule has 0 atom stereocenters. The van der Waals surface area contributed by atoms with Crippen molar-refractivity contribution in [3.63, 3.8) is 0 Å². The Hall–Kier alpha value is -3.60. The molecule has 1 aliphatic carbocycles. The summed E-state index contributed by atoms with van der Waals surface area (Å²) >= 11 is 0. The van der Waals surface area contributed by atoms with Gasteiger partial charge in [0.15, 0.2) is 0 Å². The zero-order valence-corrected chi connectivity index (χ0v) is 19.2. The number of ether oxygens (including phenoxy) is 1. The Balaban J connectivity index is 2.17. The number of rotatable bonds is 5. The van der Waals surface area contributed by atoms with Crippen molar-refractivity contribution in [2.45, 2.75) is 27.7 Å². The maximum absolute atomic E-state index is 12.8. The zero-order chi connectivity index (χ0) is 22.8. The molecule has 1 aliphatic heterocycles. The molecule has 0 spiro atoms. The van der Waals surface area contributed by atoms with Gasteiger partial charge in [-0.15, -0.1) is 0 Å². The highest BCUT2D eigenvalue weighted by atomic mass is 16.5. The Morgan fingerprint density at radius 3 is 2.53 bits per heavy atom. The maximum Gasteiger partial charge on any atom is 0.338 e. The molecule has 4 rings (SSSR count). The van der Waals surface area contributed by atoms with E-state index in [1.165, 1.54) is 0 Å². The number of benzene rings is 3. The van der Waals surface area contributed by atoms with E-state index in [1.807, 2.05) is 57.3 Å². The van der Waals surface area contributed by atoms with Gasteiger partial charge in [0, 0.05) is 47.9 Å². The molecule has 32 heavy (non-hydrogen) atoms. The third kappa shape index (κ3) is 3.75. The second kappa shape index (κ2) is 8.87. The van der Waals surface area contributed by atoms with Crippen LogP contribution in [0.1, 0.15) is 35.3 Å². The van der Waals surface area contributed by atoms with Crippen LogP contribution < -0.4 is 10.7 Å². The first-order valence-electron chi connectivity index (χ1n) is 10.9. The summed E-state index contributed by atoms with van der Waals surface area (Å²) in [4.78, 5) is 17.4. The highest BCUT2D eigenvalue weighted by molar-refractivity contribution is 6.08. The summed E-state index contributed by atoms with van der Waals surface area (Å²) in [5.74, 6) is 0.401. The Morgan fingerprint density at radius 2 is 1.81 bits per heavy atom. The Labute approximate surface area is 188 Å². The van der Waals surface area contributed by atoms with Gasteiger partial charge in [0.1, 0.15) is 11.3 Å². The highest BCUT2D eigenvalue weighted by Crippen LogP contribution is 2.42. The van der Waals surface area contributed by atoms with Crippen molar-refractivity contribution in [1.82, 2.24) is 0 Å². The number of aryl methyl sites for hydroxylation is 2. The van der Waals surface area contributed by atoms with Crippen molar-refractivity contribution in [2.75, 3.05) is 25.5 Å². The Bertz CT molecular complexity index is 1350. The summed E-state index contributed by atoms with van der Waals surface area (Å²) in [6.07, 6.45) is 0. The number of hydrogen-bond acceptors (Lipinski definition) is 5. The summed E-state index contributed by atoms with van der Waals surface area (Å²) in [5, 5.41) is 5.09. The molecule has 5 heteroatoms. The molecule has 5 nitrogen and oxygen atoms in total. The van der Waals surface area contributed by atoms with Crippen molar-refractivity contribution < 1.29 is 13.9 Å². The number of hydrogen-bond donors (Lipinski definition) is 1. The van der Waals surface area contributed by atoms with Gasteiger partial charge in [-0.3, -0.25) is 4.99 Å². The minimum Gasteiger partial charge on any atom is -0.462 e. The van der Waals surface area contributed by atoms with Crippen LogP contribution in [0.2, 0.25) is 0 Å². The summed E-state index contributed by atoms with van der Waals surface area (Å²) < 4.78 is 11.7. The molecular weight excluding hydrogens is 400 g/mol. The van der Waals surface area contributed by atoms with Crippen molar-refractivity contribution in [3.8, 4) is 22.5 Å². The van der Waals surface area contributed by atoms with E-state index in [9.17, 15) is 4.79 Å². The molecule has 1 heterocycles. The maximum atomic E-state index is 12.8. The minimum absolute atomic E-state index is 0.324. The van der Waals surface area contributed by atoms with Crippen LogP contribution in [-0.4, -0.2) is 26.2 Å². The second-order valence-electron chi connectivity index (χ2n) is 7.77. The van der Waals surface area contributed by atoms with Crippen LogP contribution in [-0.2, 0) is 4.74 Å². The molecule has 0 aromatic heterocycles. The summed E-state index contributed by atoms with van der Waals surface area (Å²) in [5.41, 5.74) is 7.17. The number of carbonyl (C=O) groups is 1. The van der Waals surface area contributed by atoms with E-state index >= 15 is 0 Å². The summed E-state index contributed by atoms with van der Waals surface area (Å²) in [6.45, 7) is 8.97. The molecule has 0 saturated carbocycles. The van der Waals surface area contributed by atoms with Crippen LogP contribution in [0.15, 0.2) is 57.9 Å². The van der Waals surface area contributed by atoms with Crippen molar-refractivity contribution in [1.29, 1.82) is 0 Å². The van der Waals surface area contributed by atoms with E-state index < -0.39 is 0 Å². The Morgan fingerprint density at radius 1 is 1.03 bits per heavy atom. The van der Waals surface area contributed by atoms with E-state index in [-0.39, 0.29) is 5.97 Å². The van der Waals surface area contributed by atoms with Gasteiger partial charge in [-0.1, -0.05) is 18.2 Å². The predicted molar refractivity (Wildman–Crippen MR) is 129 cm³/mol. The topological polar surface area (TPSA) is 63.8 Å². The lowest BCUT2D eigenvalue weighted by atomic mass is 9.89. The van der Waals surface area contributed by atoms with Crippen molar-refractivity contribution in [2.24, 2.45) is 4.99 Å². The van der Waals surface area contributed by atoms with E-state index in [4.69, 9.17) is 9.15 Å². The lowest BCUT2D eigenvalue weighted by Crippen LogP contribution is -2.10. The van der Waals surface area contributed by atoms with Crippen molar-refractivity contribution >= 4 is 22.6 Å². The third-order valence-corrected chi connectivity index (χ3v) is 5.67. The van der Waals surface area contributed by atoms with E-state index in [2.05, 4.69) is 36.3 Å². The predicted octanol–water partition coefficient (Wildman–Crippen LogP) is 5.96. The zero-order valence-electron chi connectivity index (χ0n) is 19.2. The standard InChI is InChI=1S/C27H28N2O3/c1-6-29-23-15-25-21(13-17(23)4)26(18-10-8-9-11-19(18)27(30)31-7-2)20-12-16(3)22(28-5)14-24(20)32-25/h8-15,28H,6-7H2,1-5H3/b29-23+. The number of anilines is 1. The van der Waals surface area contributed by atoms with Gasteiger partial charge in [0.2, 0.25) is 0 Å². The smallest absolute Gasteiger partial charge is 0.338 e. The highest BCUT2D eigenvalue weighted by Gasteiger charge is 2.23. The number of fused-ring (bicyclic) bond motifs is 2. The van der Waals surface area contributed by atoms with E-state index in [1.54, 1.807) is 0 Å². The number of esters is 1. The Kier molecular flexibility index (Phi) is 5.99. The molecule has 0 fully saturated rings. The van der Waals surface area contributed by atoms with E-state index in [0.717, 1.165) is 55.6 Å². The largest absolute Gasteiger partial charge is 0.462 e. The van der Waals surface area contributed by atoms with Gasteiger partial charge < -0.3 is 14.5 Å². The van der Waals surface area contributed by atoms with Crippen LogP contribution >= 0.6 is 0 Å².